The van der Waals surface area contributed by atoms with Crippen LogP contribution in [0.15, 0.2) is 66.9 Å². The average molecular weight is 466 g/mol. The minimum absolute atomic E-state index is 0.0614. The number of hydrogen-bond donors (Lipinski definition) is 1. The third kappa shape index (κ3) is 8.76. The molecule has 0 saturated heterocycles. The average Bonchev–Trinajstić information content (AvgIpc) is 3.22. The van der Waals surface area contributed by atoms with E-state index in [1.165, 1.54) is 5.56 Å². The standard InChI is InChI=1S/C15H21N3O.C13H18O2/c1-17(2)11-12-19-15(13-7-5-4-6-8-13)14-9-10-16-18(14)3;1-9(2)8-11-4-6-12(7-5-11)10(3)13(14)15/h4-10,15H,11-12H2,1-3H3;4-7,9-10H,8H2,1-3H3,(H,14,15)/t15-;10-/m10/s1. The van der Waals surface area contributed by atoms with Gasteiger partial charge in [0.25, 0.3) is 0 Å². The Kier molecular flexibility index (Phi) is 11.0. The molecule has 0 saturated carbocycles. The lowest BCUT2D eigenvalue weighted by molar-refractivity contribution is -0.138. The summed E-state index contributed by atoms with van der Waals surface area (Å²) in [4.78, 5) is 12.9. The minimum Gasteiger partial charge on any atom is -0.481 e. The van der Waals surface area contributed by atoms with Crippen molar-refractivity contribution in [2.24, 2.45) is 13.0 Å². The van der Waals surface area contributed by atoms with Gasteiger partial charge in [-0.05, 0) is 56.1 Å². The maximum Gasteiger partial charge on any atom is 0.310 e. The molecule has 3 rings (SSSR count). The van der Waals surface area contributed by atoms with E-state index in [2.05, 4.69) is 36.0 Å². The van der Waals surface area contributed by atoms with Crippen molar-refractivity contribution in [1.29, 1.82) is 0 Å². The lowest BCUT2D eigenvalue weighted by Crippen LogP contribution is -2.20. The molecule has 6 nitrogen and oxygen atoms in total. The van der Waals surface area contributed by atoms with Crippen LogP contribution in [0.25, 0.3) is 0 Å². The Labute approximate surface area is 204 Å². The Morgan fingerprint density at radius 3 is 2.15 bits per heavy atom. The maximum atomic E-state index is 10.8. The third-order valence-corrected chi connectivity index (χ3v) is 5.55. The van der Waals surface area contributed by atoms with Gasteiger partial charge in [0.1, 0.15) is 6.10 Å². The number of nitrogens with zero attached hydrogens (tertiary/aromatic N) is 3. The van der Waals surface area contributed by atoms with Crippen LogP contribution in [-0.2, 0) is 23.0 Å². The van der Waals surface area contributed by atoms with E-state index in [1.807, 2.05) is 74.4 Å². The molecule has 0 aliphatic carbocycles. The van der Waals surface area contributed by atoms with E-state index in [0.29, 0.717) is 12.5 Å². The van der Waals surface area contributed by atoms with Crippen LogP contribution >= 0.6 is 0 Å². The fourth-order valence-electron chi connectivity index (χ4n) is 3.53. The molecule has 0 spiro atoms. The number of likely N-dealkylation sites (N-methyl/N-ethyl adjacent to an activating group) is 1. The molecule has 1 heterocycles. The summed E-state index contributed by atoms with van der Waals surface area (Å²) in [5.41, 5.74) is 4.37. The van der Waals surface area contributed by atoms with Crippen molar-refractivity contribution >= 4 is 5.97 Å². The fourth-order valence-corrected chi connectivity index (χ4v) is 3.53. The van der Waals surface area contributed by atoms with E-state index in [4.69, 9.17) is 9.84 Å². The topological polar surface area (TPSA) is 67.6 Å². The number of aliphatic carboxylic acids is 1. The molecular weight excluding hydrogens is 426 g/mol. The van der Waals surface area contributed by atoms with Crippen LogP contribution in [0.3, 0.4) is 0 Å². The number of rotatable bonds is 10. The van der Waals surface area contributed by atoms with Gasteiger partial charge >= 0.3 is 5.97 Å². The Balaban J connectivity index is 0.000000248. The first-order valence-electron chi connectivity index (χ1n) is 11.8. The molecule has 1 N–H and O–H groups in total. The molecule has 2 atom stereocenters. The number of aryl methyl sites for hydroxylation is 1. The second kappa shape index (κ2) is 13.7. The highest BCUT2D eigenvalue weighted by molar-refractivity contribution is 5.75. The largest absolute Gasteiger partial charge is 0.481 e. The van der Waals surface area contributed by atoms with E-state index in [1.54, 1.807) is 13.1 Å². The van der Waals surface area contributed by atoms with Crippen molar-refractivity contribution in [2.45, 2.75) is 39.2 Å². The van der Waals surface area contributed by atoms with Crippen molar-refractivity contribution in [3.05, 3.63) is 89.2 Å². The molecule has 6 heteroatoms. The lowest BCUT2D eigenvalue weighted by atomic mass is 9.97. The number of ether oxygens (including phenoxy) is 1. The molecule has 1 aromatic heterocycles. The quantitative estimate of drug-likeness (QED) is 0.448. The van der Waals surface area contributed by atoms with Crippen molar-refractivity contribution in [2.75, 3.05) is 27.2 Å². The van der Waals surface area contributed by atoms with Crippen molar-refractivity contribution in [1.82, 2.24) is 14.7 Å². The highest BCUT2D eigenvalue weighted by atomic mass is 16.5. The zero-order chi connectivity index (χ0) is 25.1. The first kappa shape index (κ1) is 27.3. The van der Waals surface area contributed by atoms with Gasteiger partial charge in [-0.15, -0.1) is 0 Å². The van der Waals surface area contributed by atoms with Gasteiger partial charge in [-0.1, -0.05) is 68.4 Å². The zero-order valence-electron chi connectivity index (χ0n) is 21.3. The summed E-state index contributed by atoms with van der Waals surface area (Å²) in [6.45, 7) is 7.65. The summed E-state index contributed by atoms with van der Waals surface area (Å²) in [5.74, 6) is -0.558. The minimum atomic E-state index is -0.772. The fraction of sp³-hybridized carbons (Fsp3) is 0.429. The highest BCUT2D eigenvalue weighted by Crippen LogP contribution is 2.25. The first-order chi connectivity index (χ1) is 16.2. The van der Waals surface area contributed by atoms with Crippen LogP contribution in [0.5, 0.6) is 0 Å². The summed E-state index contributed by atoms with van der Waals surface area (Å²) in [6, 6.07) is 20.1. The molecule has 2 aromatic carbocycles. The Morgan fingerprint density at radius 2 is 1.65 bits per heavy atom. The summed E-state index contributed by atoms with van der Waals surface area (Å²) in [7, 11) is 6.04. The highest BCUT2D eigenvalue weighted by Gasteiger charge is 2.17. The van der Waals surface area contributed by atoms with Crippen LogP contribution in [0.4, 0.5) is 0 Å². The summed E-state index contributed by atoms with van der Waals surface area (Å²) in [6.07, 6.45) is 2.79. The monoisotopic (exact) mass is 465 g/mol. The van der Waals surface area contributed by atoms with Gasteiger partial charge in [0.2, 0.25) is 0 Å². The second-order valence-corrected chi connectivity index (χ2v) is 9.24. The normalized spacial score (nSPS) is 12.8. The van der Waals surface area contributed by atoms with Crippen LogP contribution in [-0.4, -0.2) is 53.0 Å². The van der Waals surface area contributed by atoms with Crippen molar-refractivity contribution < 1.29 is 14.6 Å². The third-order valence-electron chi connectivity index (χ3n) is 5.55. The van der Waals surface area contributed by atoms with Gasteiger partial charge < -0.3 is 14.7 Å². The van der Waals surface area contributed by atoms with Gasteiger partial charge in [0, 0.05) is 19.8 Å². The van der Waals surface area contributed by atoms with Crippen molar-refractivity contribution in [3.8, 4) is 0 Å². The van der Waals surface area contributed by atoms with E-state index in [9.17, 15) is 4.79 Å². The van der Waals surface area contributed by atoms with E-state index in [0.717, 1.165) is 29.8 Å². The second-order valence-electron chi connectivity index (χ2n) is 9.24. The molecule has 0 unspecified atom stereocenters. The van der Waals surface area contributed by atoms with Gasteiger partial charge in [0.05, 0.1) is 18.2 Å². The number of carboxylic acids is 1. The van der Waals surface area contributed by atoms with Gasteiger partial charge in [0.15, 0.2) is 0 Å². The number of carboxylic acid groups (broad SMARTS) is 1. The molecule has 0 amide bonds. The molecule has 0 bridgehead atoms. The van der Waals surface area contributed by atoms with Gasteiger partial charge in [-0.3, -0.25) is 9.48 Å². The maximum absolute atomic E-state index is 10.8. The first-order valence-corrected chi connectivity index (χ1v) is 11.8. The summed E-state index contributed by atoms with van der Waals surface area (Å²) < 4.78 is 7.93. The summed E-state index contributed by atoms with van der Waals surface area (Å²) in [5, 5.41) is 13.1. The SMILES string of the molecule is CC(C)Cc1ccc([C@H](C)C(=O)O)cc1.CN(C)CCO[C@H](c1ccccc1)c1ccnn1C. The number of carbonyl (C=O) groups is 1. The van der Waals surface area contributed by atoms with E-state index < -0.39 is 11.9 Å². The zero-order valence-corrected chi connectivity index (χ0v) is 21.3. The summed E-state index contributed by atoms with van der Waals surface area (Å²) >= 11 is 0. The molecule has 0 fully saturated rings. The molecule has 0 aliphatic heterocycles. The molecular formula is C28H39N3O3. The predicted octanol–water partition coefficient (Wildman–Crippen LogP) is 5.16. The Bertz CT molecular complexity index is 982. The molecule has 0 radical (unpaired) electrons. The molecule has 34 heavy (non-hydrogen) atoms. The van der Waals surface area contributed by atoms with Crippen LogP contribution in [0, 0.1) is 5.92 Å². The molecule has 184 valence electrons. The van der Waals surface area contributed by atoms with Gasteiger partial charge in [-0.25, -0.2) is 0 Å². The number of aromatic nitrogens is 2. The lowest BCUT2D eigenvalue weighted by Gasteiger charge is -2.20. The smallest absolute Gasteiger partial charge is 0.310 e. The van der Waals surface area contributed by atoms with Crippen LogP contribution in [0.2, 0.25) is 0 Å². The molecule has 3 aromatic rings. The number of hydrogen-bond acceptors (Lipinski definition) is 4. The Morgan fingerprint density at radius 1 is 1.00 bits per heavy atom. The van der Waals surface area contributed by atoms with E-state index >= 15 is 0 Å². The van der Waals surface area contributed by atoms with Crippen molar-refractivity contribution in [3.63, 3.8) is 0 Å². The van der Waals surface area contributed by atoms with E-state index in [-0.39, 0.29) is 6.10 Å². The Hall–Kier alpha value is -2.96. The van der Waals surface area contributed by atoms with Crippen LogP contribution < -0.4 is 0 Å². The predicted molar refractivity (Wildman–Crippen MR) is 137 cm³/mol. The molecule has 0 aliphatic rings. The van der Waals surface area contributed by atoms with Gasteiger partial charge in [-0.2, -0.15) is 5.10 Å². The van der Waals surface area contributed by atoms with Crippen LogP contribution in [0.1, 0.15) is 55.2 Å². The number of benzene rings is 2.